The van der Waals surface area contributed by atoms with Crippen LogP contribution in [-0.2, 0) is 4.79 Å². The predicted octanol–water partition coefficient (Wildman–Crippen LogP) is 3.30. The minimum absolute atomic E-state index is 0. The molecule has 0 unspecified atom stereocenters. The lowest BCUT2D eigenvalue weighted by Gasteiger charge is -2.37. The highest BCUT2D eigenvalue weighted by atomic mass is 35.5. The number of nitrogens with zero attached hydrogens (tertiary/aromatic N) is 1. The zero-order valence-electron chi connectivity index (χ0n) is 14.7. The van der Waals surface area contributed by atoms with Crippen LogP contribution in [0.1, 0.15) is 16.7 Å². The van der Waals surface area contributed by atoms with Gasteiger partial charge in [0.05, 0.1) is 5.92 Å². The van der Waals surface area contributed by atoms with Crippen LogP contribution in [0.3, 0.4) is 0 Å². The molecule has 1 saturated heterocycles. The molecule has 0 spiro atoms. The summed E-state index contributed by atoms with van der Waals surface area (Å²) in [4.78, 5) is 13.0. The average Bonchev–Trinajstić information content (AvgIpc) is 2.63. The van der Waals surface area contributed by atoms with Crippen molar-refractivity contribution < 1.29 is 14.6 Å². The summed E-state index contributed by atoms with van der Waals surface area (Å²) in [6.07, 6.45) is 2.14. The summed E-state index contributed by atoms with van der Waals surface area (Å²) in [5.41, 5.74) is 4.13. The number of benzene rings is 2. The van der Waals surface area contributed by atoms with Crippen LogP contribution in [0.5, 0.6) is 5.75 Å². The molecular formula is C22H20ClNO3. The van der Waals surface area contributed by atoms with Crippen LogP contribution in [-0.4, -0.2) is 42.2 Å². The number of fused-ring (bicyclic) bond motifs is 1. The molecule has 27 heavy (non-hydrogen) atoms. The van der Waals surface area contributed by atoms with Gasteiger partial charge in [-0.05, 0) is 35.9 Å². The summed E-state index contributed by atoms with van der Waals surface area (Å²) in [5, 5.41) is 8.95. The van der Waals surface area contributed by atoms with E-state index >= 15 is 0 Å². The average molecular weight is 382 g/mol. The zero-order chi connectivity index (χ0) is 17.9. The Hall–Kier alpha value is -2.74. The lowest BCUT2D eigenvalue weighted by atomic mass is 9.98. The van der Waals surface area contributed by atoms with E-state index in [-0.39, 0.29) is 18.3 Å². The Morgan fingerprint density at radius 3 is 2.59 bits per heavy atom. The number of carboxylic acid groups (broad SMARTS) is 1. The molecule has 2 aliphatic heterocycles. The van der Waals surface area contributed by atoms with Gasteiger partial charge in [0.2, 0.25) is 0 Å². The summed E-state index contributed by atoms with van der Waals surface area (Å²) in [5.74, 6) is 6.25. The van der Waals surface area contributed by atoms with Gasteiger partial charge < -0.3 is 9.84 Å². The maximum absolute atomic E-state index is 10.9. The van der Waals surface area contributed by atoms with E-state index in [2.05, 4.69) is 22.8 Å². The predicted molar refractivity (Wildman–Crippen MR) is 107 cm³/mol. The molecule has 0 aliphatic carbocycles. The fourth-order valence-corrected chi connectivity index (χ4v) is 3.19. The first-order valence-corrected chi connectivity index (χ1v) is 8.66. The molecule has 2 aliphatic rings. The number of carbonyl (C=O) groups is 1. The molecule has 0 atom stereocenters. The molecule has 1 N–H and O–H groups in total. The Kier molecular flexibility index (Phi) is 5.85. The molecule has 2 aromatic carbocycles. The maximum Gasteiger partial charge on any atom is 0.309 e. The minimum Gasteiger partial charge on any atom is -0.489 e. The summed E-state index contributed by atoms with van der Waals surface area (Å²) in [6, 6.07) is 15.9. The maximum atomic E-state index is 10.9. The van der Waals surface area contributed by atoms with Crippen LogP contribution < -0.4 is 4.74 Å². The monoisotopic (exact) mass is 381 g/mol. The van der Waals surface area contributed by atoms with E-state index in [9.17, 15) is 4.79 Å². The third-order valence-corrected chi connectivity index (χ3v) is 4.64. The van der Waals surface area contributed by atoms with Gasteiger partial charge in [-0.25, -0.2) is 0 Å². The van der Waals surface area contributed by atoms with E-state index in [4.69, 9.17) is 9.84 Å². The van der Waals surface area contributed by atoms with Crippen molar-refractivity contribution in [3.8, 4) is 17.6 Å². The zero-order valence-corrected chi connectivity index (χ0v) is 15.5. The highest BCUT2D eigenvalue weighted by Crippen LogP contribution is 2.28. The topological polar surface area (TPSA) is 49.8 Å². The van der Waals surface area contributed by atoms with Gasteiger partial charge >= 0.3 is 5.97 Å². The van der Waals surface area contributed by atoms with Gasteiger partial charge in [0.1, 0.15) is 12.4 Å². The summed E-state index contributed by atoms with van der Waals surface area (Å²) >= 11 is 0. The largest absolute Gasteiger partial charge is 0.489 e. The molecule has 0 amide bonds. The smallest absolute Gasteiger partial charge is 0.309 e. The fourth-order valence-electron chi connectivity index (χ4n) is 3.19. The highest BCUT2D eigenvalue weighted by molar-refractivity contribution is 5.85. The van der Waals surface area contributed by atoms with Gasteiger partial charge in [0.15, 0.2) is 0 Å². The number of likely N-dealkylation sites (tertiary alicyclic amines) is 1. The number of carboxylic acids is 1. The number of hydrogen-bond donors (Lipinski definition) is 1. The van der Waals surface area contributed by atoms with Gasteiger partial charge in [-0.2, -0.15) is 0 Å². The van der Waals surface area contributed by atoms with Crippen LogP contribution in [0.25, 0.3) is 6.08 Å². The number of rotatable bonds is 3. The van der Waals surface area contributed by atoms with Crippen molar-refractivity contribution in [3.63, 3.8) is 0 Å². The molecule has 138 valence electrons. The quantitative estimate of drug-likeness (QED) is 0.829. The molecule has 5 heteroatoms. The Labute approximate surface area is 164 Å². The molecular weight excluding hydrogens is 362 g/mol. The second kappa shape index (κ2) is 8.30. The SMILES string of the molecule is Cl.O=C(O)C1CN(CC2=Cc3ccc(C#Cc4ccccc4)cc3OC2)C1. The van der Waals surface area contributed by atoms with E-state index in [1.807, 2.05) is 48.5 Å². The first kappa shape index (κ1) is 19.0. The van der Waals surface area contributed by atoms with Gasteiger partial charge in [-0.15, -0.1) is 12.4 Å². The van der Waals surface area contributed by atoms with E-state index in [0.717, 1.165) is 29.0 Å². The Balaban J connectivity index is 0.00000210. The van der Waals surface area contributed by atoms with Crippen molar-refractivity contribution in [1.29, 1.82) is 0 Å². The van der Waals surface area contributed by atoms with E-state index in [1.54, 1.807) is 0 Å². The van der Waals surface area contributed by atoms with Crippen molar-refractivity contribution in [3.05, 3.63) is 70.8 Å². The number of ether oxygens (including phenoxy) is 1. The van der Waals surface area contributed by atoms with Crippen LogP contribution in [0.15, 0.2) is 54.1 Å². The molecule has 0 radical (unpaired) electrons. The van der Waals surface area contributed by atoms with Gasteiger partial charge in [-0.1, -0.05) is 36.1 Å². The van der Waals surface area contributed by atoms with Crippen LogP contribution in [0.2, 0.25) is 0 Å². The van der Waals surface area contributed by atoms with Crippen molar-refractivity contribution in [2.75, 3.05) is 26.2 Å². The summed E-state index contributed by atoms with van der Waals surface area (Å²) in [6.45, 7) is 2.54. The van der Waals surface area contributed by atoms with Crippen LogP contribution in [0.4, 0.5) is 0 Å². The van der Waals surface area contributed by atoms with E-state index < -0.39 is 5.97 Å². The standard InChI is InChI=1S/C22H19NO3.ClH/c24-22(25)20-13-23(14-20)12-18-10-19-9-8-17(11-21(19)26-15-18)7-6-16-4-2-1-3-5-16;/h1-5,8-11,20H,12-15H2,(H,24,25);1H. The molecule has 0 bridgehead atoms. The minimum atomic E-state index is -0.704. The van der Waals surface area contributed by atoms with E-state index in [1.165, 1.54) is 5.57 Å². The van der Waals surface area contributed by atoms with Crippen molar-refractivity contribution in [2.24, 2.45) is 5.92 Å². The van der Waals surface area contributed by atoms with Gasteiger partial charge in [-0.3, -0.25) is 9.69 Å². The fraction of sp³-hybridized carbons (Fsp3) is 0.227. The van der Waals surface area contributed by atoms with Crippen LogP contribution in [0, 0.1) is 17.8 Å². The molecule has 0 aromatic heterocycles. The lowest BCUT2D eigenvalue weighted by Crippen LogP contribution is -2.51. The Morgan fingerprint density at radius 1 is 1.11 bits per heavy atom. The number of aliphatic carboxylic acids is 1. The third kappa shape index (κ3) is 4.51. The lowest BCUT2D eigenvalue weighted by molar-refractivity contribution is -0.147. The summed E-state index contributed by atoms with van der Waals surface area (Å²) < 4.78 is 5.89. The second-order valence-electron chi connectivity index (χ2n) is 6.69. The highest BCUT2D eigenvalue weighted by Gasteiger charge is 2.32. The third-order valence-electron chi connectivity index (χ3n) is 4.64. The number of hydrogen-bond acceptors (Lipinski definition) is 3. The molecule has 2 aromatic rings. The first-order chi connectivity index (χ1) is 12.7. The van der Waals surface area contributed by atoms with Crippen molar-refractivity contribution in [1.82, 2.24) is 4.90 Å². The summed E-state index contributed by atoms with van der Waals surface area (Å²) in [7, 11) is 0. The van der Waals surface area contributed by atoms with Gasteiger partial charge in [0, 0.05) is 36.3 Å². The molecule has 2 heterocycles. The van der Waals surface area contributed by atoms with Crippen molar-refractivity contribution in [2.45, 2.75) is 0 Å². The van der Waals surface area contributed by atoms with E-state index in [0.29, 0.717) is 19.7 Å². The molecule has 1 fully saturated rings. The Morgan fingerprint density at radius 2 is 1.85 bits per heavy atom. The molecule has 4 nitrogen and oxygen atoms in total. The number of halogens is 1. The normalized spacial score (nSPS) is 15.8. The van der Waals surface area contributed by atoms with Gasteiger partial charge in [0.25, 0.3) is 0 Å². The first-order valence-electron chi connectivity index (χ1n) is 8.66. The molecule has 4 rings (SSSR count). The van der Waals surface area contributed by atoms with Crippen molar-refractivity contribution >= 4 is 24.5 Å². The van der Waals surface area contributed by atoms with Crippen LogP contribution >= 0.6 is 12.4 Å². The molecule has 0 saturated carbocycles. The Bertz CT molecular complexity index is 922. The second-order valence-corrected chi connectivity index (χ2v) is 6.69.